The van der Waals surface area contributed by atoms with Gasteiger partial charge in [0.2, 0.25) is 17.7 Å². The van der Waals surface area contributed by atoms with Crippen LogP contribution in [-0.4, -0.2) is 54.1 Å². The first-order valence-electron chi connectivity index (χ1n) is 5.58. The molecule has 0 atom stereocenters. The molecule has 1 aromatic rings. The molecule has 0 spiro atoms. The molecule has 17 heavy (non-hydrogen) atoms. The summed E-state index contributed by atoms with van der Waals surface area (Å²) in [5.41, 5.74) is 0. The predicted molar refractivity (Wildman–Crippen MR) is 63.1 cm³/mol. The number of amides is 1. The Labute approximate surface area is 100 Å². The normalized spacial score (nSPS) is 15.9. The smallest absolute Gasteiger partial charge is 0.228 e. The molecule has 0 bridgehead atoms. The van der Waals surface area contributed by atoms with Gasteiger partial charge in [0.1, 0.15) is 0 Å². The highest BCUT2D eigenvalue weighted by molar-refractivity contribution is 5.73. The maximum absolute atomic E-state index is 11.2. The molecule has 0 aromatic carbocycles. The van der Waals surface area contributed by atoms with Crippen LogP contribution in [0.25, 0.3) is 0 Å². The molecule has 0 unspecified atom stereocenters. The summed E-state index contributed by atoms with van der Waals surface area (Å²) in [6.07, 6.45) is 1.68. The average molecular weight is 236 g/mol. The molecule has 0 N–H and O–H groups in total. The summed E-state index contributed by atoms with van der Waals surface area (Å²) in [7, 11) is 1.58. The van der Waals surface area contributed by atoms with Crippen molar-refractivity contribution in [3.05, 3.63) is 12.3 Å². The molecule has 0 aliphatic carbocycles. The summed E-state index contributed by atoms with van der Waals surface area (Å²) in [5.74, 6) is 1.34. The number of hydrogen-bond donors (Lipinski definition) is 0. The predicted octanol–water partition coefficient (Wildman–Crippen LogP) is 0.154. The Morgan fingerprint density at radius 3 is 2.65 bits per heavy atom. The first kappa shape index (κ1) is 11.6. The van der Waals surface area contributed by atoms with Crippen molar-refractivity contribution in [3.8, 4) is 5.88 Å². The maximum atomic E-state index is 11.2. The van der Waals surface area contributed by atoms with Gasteiger partial charge in [-0.15, -0.1) is 0 Å². The number of aromatic nitrogens is 2. The molecule has 0 saturated carbocycles. The Balaban J connectivity index is 2.02. The third-order valence-corrected chi connectivity index (χ3v) is 2.83. The summed E-state index contributed by atoms with van der Waals surface area (Å²) in [4.78, 5) is 23.6. The first-order chi connectivity index (χ1) is 8.20. The number of ether oxygens (including phenoxy) is 1. The first-order valence-corrected chi connectivity index (χ1v) is 5.58. The van der Waals surface area contributed by atoms with Crippen LogP contribution in [0, 0.1) is 0 Å². The second-order valence-electron chi connectivity index (χ2n) is 3.89. The minimum Gasteiger partial charge on any atom is -0.481 e. The van der Waals surface area contributed by atoms with E-state index in [0.717, 1.165) is 26.2 Å². The highest BCUT2D eigenvalue weighted by Crippen LogP contribution is 2.14. The highest BCUT2D eigenvalue weighted by atomic mass is 16.5. The van der Waals surface area contributed by atoms with Crippen LogP contribution in [0.5, 0.6) is 5.88 Å². The van der Waals surface area contributed by atoms with Gasteiger partial charge in [-0.05, 0) is 0 Å². The van der Waals surface area contributed by atoms with E-state index in [9.17, 15) is 4.79 Å². The molecule has 1 aliphatic rings. The molecule has 1 fully saturated rings. The van der Waals surface area contributed by atoms with Gasteiger partial charge in [-0.25, -0.2) is 4.98 Å². The van der Waals surface area contributed by atoms with E-state index < -0.39 is 0 Å². The number of carbonyl (C=O) groups excluding carboxylic acids is 1. The fraction of sp³-hybridized carbons (Fsp3) is 0.545. The van der Waals surface area contributed by atoms with Crippen LogP contribution in [0.4, 0.5) is 5.95 Å². The minimum atomic E-state index is 0.121. The van der Waals surface area contributed by atoms with Crippen LogP contribution in [0.15, 0.2) is 12.3 Å². The van der Waals surface area contributed by atoms with Gasteiger partial charge >= 0.3 is 0 Å². The Morgan fingerprint density at radius 1 is 1.35 bits per heavy atom. The number of rotatable bonds is 2. The molecule has 6 nitrogen and oxygen atoms in total. The fourth-order valence-electron chi connectivity index (χ4n) is 1.82. The maximum Gasteiger partial charge on any atom is 0.228 e. The average Bonchev–Trinajstić information content (AvgIpc) is 2.39. The van der Waals surface area contributed by atoms with Crippen molar-refractivity contribution in [2.24, 2.45) is 0 Å². The Kier molecular flexibility index (Phi) is 3.41. The molecule has 1 saturated heterocycles. The van der Waals surface area contributed by atoms with Crippen molar-refractivity contribution in [2.45, 2.75) is 6.92 Å². The van der Waals surface area contributed by atoms with Crippen molar-refractivity contribution >= 4 is 11.9 Å². The summed E-state index contributed by atoms with van der Waals surface area (Å²) < 4.78 is 5.06. The van der Waals surface area contributed by atoms with Crippen molar-refractivity contribution < 1.29 is 9.53 Å². The topological polar surface area (TPSA) is 58.6 Å². The lowest BCUT2D eigenvalue weighted by molar-refractivity contribution is -0.129. The zero-order chi connectivity index (χ0) is 12.3. The standard InChI is InChI=1S/C11H16N4O2/c1-9(16)14-5-7-15(8-6-14)11-12-4-3-10(13-11)17-2/h3-4H,5-8H2,1-2H3. The van der Waals surface area contributed by atoms with Crippen molar-refractivity contribution in [1.82, 2.24) is 14.9 Å². The molecule has 1 aliphatic heterocycles. The number of carbonyl (C=O) groups is 1. The van der Waals surface area contributed by atoms with E-state index in [4.69, 9.17) is 4.74 Å². The second-order valence-corrected chi connectivity index (χ2v) is 3.89. The number of nitrogens with zero attached hydrogens (tertiary/aromatic N) is 4. The SMILES string of the molecule is COc1ccnc(N2CCN(C(C)=O)CC2)n1. The lowest BCUT2D eigenvalue weighted by Crippen LogP contribution is -2.48. The minimum absolute atomic E-state index is 0.121. The van der Waals surface area contributed by atoms with Crippen molar-refractivity contribution in [1.29, 1.82) is 0 Å². The van der Waals surface area contributed by atoms with E-state index in [-0.39, 0.29) is 5.91 Å². The van der Waals surface area contributed by atoms with Gasteiger partial charge < -0.3 is 14.5 Å². The molecule has 2 rings (SSSR count). The fourth-order valence-corrected chi connectivity index (χ4v) is 1.82. The lowest BCUT2D eigenvalue weighted by Gasteiger charge is -2.34. The summed E-state index contributed by atoms with van der Waals surface area (Å²) in [6, 6.07) is 1.72. The zero-order valence-electron chi connectivity index (χ0n) is 10.1. The van der Waals surface area contributed by atoms with Gasteiger partial charge in [-0.2, -0.15) is 4.98 Å². The van der Waals surface area contributed by atoms with Crippen LogP contribution >= 0.6 is 0 Å². The van der Waals surface area contributed by atoms with E-state index in [1.54, 1.807) is 26.3 Å². The number of anilines is 1. The third kappa shape index (κ3) is 2.64. The Hall–Kier alpha value is -1.85. The highest BCUT2D eigenvalue weighted by Gasteiger charge is 2.20. The molecule has 6 heteroatoms. The summed E-state index contributed by atoms with van der Waals surface area (Å²) in [6.45, 7) is 4.54. The van der Waals surface area contributed by atoms with Gasteiger partial charge in [0, 0.05) is 45.4 Å². The second kappa shape index (κ2) is 4.99. The molecule has 92 valence electrons. The molecule has 1 amide bonds. The number of hydrogen-bond acceptors (Lipinski definition) is 5. The Bertz CT molecular complexity index is 402. The zero-order valence-corrected chi connectivity index (χ0v) is 10.1. The van der Waals surface area contributed by atoms with Gasteiger partial charge in [0.15, 0.2) is 0 Å². The number of methoxy groups -OCH3 is 1. The van der Waals surface area contributed by atoms with Crippen LogP contribution < -0.4 is 9.64 Å². The molecule has 0 radical (unpaired) electrons. The number of piperazine rings is 1. The molecular weight excluding hydrogens is 220 g/mol. The third-order valence-electron chi connectivity index (χ3n) is 2.83. The van der Waals surface area contributed by atoms with Gasteiger partial charge in [-0.3, -0.25) is 4.79 Å². The van der Waals surface area contributed by atoms with Crippen LogP contribution in [0.1, 0.15) is 6.92 Å². The van der Waals surface area contributed by atoms with Gasteiger partial charge in [0.25, 0.3) is 0 Å². The van der Waals surface area contributed by atoms with E-state index in [1.165, 1.54) is 0 Å². The van der Waals surface area contributed by atoms with E-state index in [0.29, 0.717) is 11.8 Å². The van der Waals surface area contributed by atoms with Crippen molar-refractivity contribution in [2.75, 3.05) is 38.2 Å². The monoisotopic (exact) mass is 236 g/mol. The van der Waals surface area contributed by atoms with E-state index in [2.05, 4.69) is 14.9 Å². The van der Waals surface area contributed by atoms with Gasteiger partial charge in [0.05, 0.1) is 7.11 Å². The van der Waals surface area contributed by atoms with Crippen LogP contribution in [0.3, 0.4) is 0 Å². The van der Waals surface area contributed by atoms with Crippen LogP contribution in [0.2, 0.25) is 0 Å². The van der Waals surface area contributed by atoms with Gasteiger partial charge in [-0.1, -0.05) is 0 Å². The van der Waals surface area contributed by atoms with E-state index in [1.807, 2.05) is 4.90 Å². The van der Waals surface area contributed by atoms with Crippen molar-refractivity contribution in [3.63, 3.8) is 0 Å². The van der Waals surface area contributed by atoms with E-state index >= 15 is 0 Å². The summed E-state index contributed by atoms with van der Waals surface area (Å²) >= 11 is 0. The van der Waals surface area contributed by atoms with Crippen LogP contribution in [-0.2, 0) is 4.79 Å². The molecule has 1 aromatic heterocycles. The largest absolute Gasteiger partial charge is 0.481 e. The lowest BCUT2D eigenvalue weighted by atomic mass is 10.3. The summed E-state index contributed by atoms with van der Waals surface area (Å²) in [5, 5.41) is 0. The molecular formula is C11H16N4O2. The molecule has 2 heterocycles. The Morgan fingerprint density at radius 2 is 2.06 bits per heavy atom. The quantitative estimate of drug-likeness (QED) is 0.731.